The number of nitrogens with zero attached hydrogens (tertiary/aromatic N) is 1. The summed E-state index contributed by atoms with van der Waals surface area (Å²) in [5.41, 5.74) is 6.92. The number of benzene rings is 1. The van der Waals surface area contributed by atoms with Crippen molar-refractivity contribution in [3.63, 3.8) is 0 Å². The Labute approximate surface area is 106 Å². The first-order valence-corrected chi connectivity index (χ1v) is 5.20. The number of hydrogen-bond acceptors (Lipinski definition) is 3. The van der Waals surface area contributed by atoms with Gasteiger partial charge in [-0.25, -0.2) is 19.0 Å². The quantitative estimate of drug-likeness (QED) is 0.659. The molecule has 0 saturated carbocycles. The van der Waals surface area contributed by atoms with Crippen LogP contribution in [0.5, 0.6) is 0 Å². The van der Waals surface area contributed by atoms with Crippen LogP contribution in [0.2, 0.25) is 0 Å². The number of carbonyl (C=O) groups excluding carboxylic acids is 1. The van der Waals surface area contributed by atoms with E-state index in [1.54, 1.807) is 0 Å². The van der Waals surface area contributed by atoms with Gasteiger partial charge in [-0.2, -0.15) is 5.10 Å². The molecule has 7 heteroatoms. The van der Waals surface area contributed by atoms with Gasteiger partial charge in [-0.1, -0.05) is 0 Å². The molecular weight excluding hydrogens is 256 g/mol. The van der Waals surface area contributed by atoms with Crippen LogP contribution >= 0.6 is 0 Å². The maximum Gasteiger partial charge on any atom is 0.332 e. The Morgan fingerprint density at radius 3 is 2.79 bits per heavy atom. The molecule has 2 aromatic rings. The molecule has 1 aromatic carbocycles. The van der Waals surface area contributed by atoms with Crippen LogP contribution in [0.25, 0.3) is 11.3 Å². The summed E-state index contributed by atoms with van der Waals surface area (Å²) in [6.07, 6.45) is 1.20. The van der Waals surface area contributed by atoms with Crippen LogP contribution in [0, 0.1) is 11.6 Å². The molecule has 0 aliphatic rings. The van der Waals surface area contributed by atoms with Crippen molar-refractivity contribution in [3.05, 3.63) is 47.7 Å². The molecule has 1 heterocycles. The van der Waals surface area contributed by atoms with Crippen LogP contribution in [-0.2, 0) is 0 Å². The number of urea groups is 1. The molecule has 98 valence electrons. The van der Waals surface area contributed by atoms with Gasteiger partial charge in [-0.05, 0) is 24.3 Å². The number of carbonyl (C=O) groups is 1. The lowest BCUT2D eigenvalue weighted by Gasteiger charge is -1.98. The lowest BCUT2D eigenvalue weighted by Crippen LogP contribution is -2.24. The molecule has 0 spiro atoms. The minimum atomic E-state index is -0.812. The number of nitrogens with two attached hydrogens (primary N) is 1. The number of rotatable bonds is 3. The summed E-state index contributed by atoms with van der Waals surface area (Å²) in [5, 5.41) is 3.49. The fraction of sp³-hybridized carbons (Fsp3) is 0. The SMILES string of the molecule is NC(=O)NN=Cc1ccc(-c2ccc(F)cc2F)o1. The van der Waals surface area contributed by atoms with Crippen molar-refractivity contribution in [3.8, 4) is 11.3 Å². The van der Waals surface area contributed by atoms with E-state index < -0.39 is 17.7 Å². The van der Waals surface area contributed by atoms with Gasteiger partial charge in [-0.3, -0.25) is 0 Å². The molecule has 2 amide bonds. The Kier molecular flexibility index (Phi) is 3.56. The van der Waals surface area contributed by atoms with E-state index in [1.165, 1.54) is 24.4 Å². The van der Waals surface area contributed by atoms with Crippen LogP contribution in [0.1, 0.15) is 5.76 Å². The standard InChI is InChI=1S/C12H9F2N3O2/c13-7-1-3-9(10(14)5-7)11-4-2-8(19-11)6-16-17-12(15)18/h1-6H,(H3,15,17,18). The number of primary amides is 1. The van der Waals surface area contributed by atoms with Crippen molar-refractivity contribution in [2.75, 3.05) is 0 Å². The minimum absolute atomic E-state index is 0.129. The van der Waals surface area contributed by atoms with Gasteiger partial charge in [0.05, 0.1) is 11.8 Å². The molecule has 19 heavy (non-hydrogen) atoms. The molecule has 0 bridgehead atoms. The summed E-state index contributed by atoms with van der Waals surface area (Å²) < 4.78 is 31.5. The Hall–Kier alpha value is -2.70. The Morgan fingerprint density at radius 1 is 1.32 bits per heavy atom. The van der Waals surface area contributed by atoms with Gasteiger partial charge < -0.3 is 10.2 Å². The fourth-order valence-electron chi connectivity index (χ4n) is 1.42. The normalized spacial score (nSPS) is 10.8. The maximum absolute atomic E-state index is 13.5. The van der Waals surface area contributed by atoms with Crippen molar-refractivity contribution >= 4 is 12.2 Å². The number of halogens is 2. The van der Waals surface area contributed by atoms with E-state index in [4.69, 9.17) is 10.2 Å². The van der Waals surface area contributed by atoms with Crippen molar-refractivity contribution in [2.45, 2.75) is 0 Å². The number of furan rings is 1. The van der Waals surface area contributed by atoms with Gasteiger partial charge in [0.1, 0.15) is 23.2 Å². The zero-order chi connectivity index (χ0) is 13.8. The van der Waals surface area contributed by atoms with Gasteiger partial charge in [0.15, 0.2) is 0 Å². The smallest absolute Gasteiger partial charge is 0.332 e. The number of hydrazone groups is 1. The Morgan fingerprint density at radius 2 is 2.11 bits per heavy atom. The van der Waals surface area contributed by atoms with E-state index in [0.717, 1.165) is 12.1 Å². The molecular formula is C12H9F2N3O2. The predicted octanol–water partition coefficient (Wildman–Crippen LogP) is 2.23. The van der Waals surface area contributed by atoms with Crippen LogP contribution in [0.4, 0.5) is 13.6 Å². The van der Waals surface area contributed by atoms with Crippen molar-refractivity contribution < 1.29 is 18.0 Å². The Balaban J connectivity index is 2.21. The zero-order valence-corrected chi connectivity index (χ0v) is 9.56. The minimum Gasteiger partial charge on any atom is -0.455 e. The largest absolute Gasteiger partial charge is 0.455 e. The fourth-order valence-corrected chi connectivity index (χ4v) is 1.42. The number of hydrogen-bond donors (Lipinski definition) is 2. The first kappa shape index (κ1) is 12.7. The van der Waals surface area contributed by atoms with Crippen molar-refractivity contribution in [1.29, 1.82) is 0 Å². The van der Waals surface area contributed by atoms with E-state index >= 15 is 0 Å². The van der Waals surface area contributed by atoms with Gasteiger partial charge in [0.2, 0.25) is 0 Å². The third-order valence-electron chi connectivity index (χ3n) is 2.19. The maximum atomic E-state index is 13.5. The molecule has 1 aromatic heterocycles. The molecule has 0 radical (unpaired) electrons. The van der Waals surface area contributed by atoms with Gasteiger partial charge in [-0.15, -0.1) is 0 Å². The van der Waals surface area contributed by atoms with Gasteiger partial charge in [0.25, 0.3) is 0 Å². The summed E-state index contributed by atoms with van der Waals surface area (Å²) >= 11 is 0. The van der Waals surface area contributed by atoms with E-state index in [-0.39, 0.29) is 17.1 Å². The average Bonchev–Trinajstić information content (AvgIpc) is 2.77. The Bertz CT molecular complexity index is 638. The van der Waals surface area contributed by atoms with Crippen LogP contribution in [0.3, 0.4) is 0 Å². The summed E-state index contributed by atoms with van der Waals surface area (Å²) in [6, 6.07) is 5.37. The van der Waals surface area contributed by atoms with Crippen LogP contribution < -0.4 is 11.2 Å². The summed E-state index contributed by atoms with van der Waals surface area (Å²) in [6.45, 7) is 0. The highest BCUT2D eigenvalue weighted by molar-refractivity contribution is 5.79. The molecule has 3 N–H and O–H groups in total. The lowest BCUT2D eigenvalue weighted by atomic mass is 10.1. The molecule has 0 unspecified atom stereocenters. The highest BCUT2D eigenvalue weighted by atomic mass is 19.1. The second kappa shape index (κ2) is 5.30. The van der Waals surface area contributed by atoms with Crippen molar-refractivity contribution in [1.82, 2.24) is 5.43 Å². The third kappa shape index (κ3) is 3.15. The number of amides is 2. The molecule has 5 nitrogen and oxygen atoms in total. The summed E-state index contributed by atoms with van der Waals surface area (Å²) in [7, 11) is 0. The predicted molar refractivity (Wildman–Crippen MR) is 64.4 cm³/mol. The first-order chi connectivity index (χ1) is 9.06. The lowest BCUT2D eigenvalue weighted by molar-refractivity contribution is 0.249. The molecule has 0 saturated heterocycles. The second-order valence-corrected chi connectivity index (χ2v) is 3.56. The van der Waals surface area contributed by atoms with E-state index in [9.17, 15) is 13.6 Å². The highest BCUT2D eigenvalue weighted by Gasteiger charge is 2.10. The monoisotopic (exact) mass is 265 g/mol. The average molecular weight is 265 g/mol. The molecule has 0 aliphatic heterocycles. The van der Waals surface area contributed by atoms with Crippen LogP contribution in [-0.4, -0.2) is 12.2 Å². The number of nitrogens with one attached hydrogen (secondary N) is 1. The van der Waals surface area contributed by atoms with Gasteiger partial charge in [0, 0.05) is 6.07 Å². The first-order valence-electron chi connectivity index (χ1n) is 5.20. The van der Waals surface area contributed by atoms with Crippen molar-refractivity contribution in [2.24, 2.45) is 10.8 Å². The van der Waals surface area contributed by atoms with Gasteiger partial charge >= 0.3 is 6.03 Å². The topological polar surface area (TPSA) is 80.6 Å². The molecule has 0 aliphatic carbocycles. The van der Waals surface area contributed by atoms with E-state index in [0.29, 0.717) is 0 Å². The molecule has 0 fully saturated rings. The molecule has 0 atom stereocenters. The van der Waals surface area contributed by atoms with E-state index in [2.05, 4.69) is 5.10 Å². The van der Waals surface area contributed by atoms with E-state index in [1.807, 2.05) is 5.43 Å². The molecule has 2 rings (SSSR count). The summed E-state index contributed by atoms with van der Waals surface area (Å²) in [5.74, 6) is -0.890. The zero-order valence-electron chi connectivity index (χ0n) is 9.56. The second-order valence-electron chi connectivity index (χ2n) is 3.56. The summed E-state index contributed by atoms with van der Waals surface area (Å²) in [4.78, 5) is 10.4. The third-order valence-corrected chi connectivity index (χ3v) is 2.19. The van der Waals surface area contributed by atoms with Crippen LogP contribution in [0.15, 0.2) is 39.9 Å². The highest BCUT2D eigenvalue weighted by Crippen LogP contribution is 2.24.